The van der Waals surface area contributed by atoms with Gasteiger partial charge in [0.15, 0.2) is 0 Å². The van der Waals surface area contributed by atoms with Crippen molar-refractivity contribution in [2.75, 3.05) is 5.32 Å². The fraction of sp³-hybridized carbons (Fsp3) is 0.250. The standard InChI is InChI=1S/C20H18ClN3O2/c21-17-11-4-3-10-16(17)19(25)22-15-9-5-8-14(12-15)18-23-20(26-24-18)13-6-1-2-7-13/h3-5,8-13H,1-2,6-7H2,(H,22,25). The molecule has 0 bridgehead atoms. The van der Waals surface area contributed by atoms with Gasteiger partial charge in [-0.1, -0.05) is 53.9 Å². The zero-order valence-electron chi connectivity index (χ0n) is 14.1. The lowest BCUT2D eigenvalue weighted by Crippen LogP contribution is -2.12. The van der Waals surface area contributed by atoms with Crippen molar-refractivity contribution in [2.24, 2.45) is 0 Å². The molecule has 2 aromatic carbocycles. The smallest absolute Gasteiger partial charge is 0.257 e. The largest absolute Gasteiger partial charge is 0.339 e. The van der Waals surface area contributed by atoms with Crippen molar-refractivity contribution < 1.29 is 9.32 Å². The maximum atomic E-state index is 12.4. The molecule has 1 heterocycles. The van der Waals surface area contributed by atoms with Crippen LogP contribution < -0.4 is 5.32 Å². The molecule has 0 radical (unpaired) electrons. The lowest BCUT2D eigenvalue weighted by molar-refractivity contribution is 0.102. The summed E-state index contributed by atoms with van der Waals surface area (Å²) >= 11 is 6.08. The van der Waals surface area contributed by atoms with Crippen LogP contribution in [0.2, 0.25) is 5.02 Å². The van der Waals surface area contributed by atoms with E-state index in [9.17, 15) is 4.79 Å². The van der Waals surface area contributed by atoms with Crippen LogP contribution in [0.1, 0.15) is 47.8 Å². The highest BCUT2D eigenvalue weighted by molar-refractivity contribution is 6.34. The number of carbonyl (C=O) groups excluding carboxylic acids is 1. The number of benzene rings is 2. The van der Waals surface area contributed by atoms with Gasteiger partial charge in [-0.05, 0) is 37.1 Å². The highest BCUT2D eigenvalue weighted by Crippen LogP contribution is 2.34. The normalized spacial score (nSPS) is 14.5. The number of amides is 1. The highest BCUT2D eigenvalue weighted by atomic mass is 35.5. The van der Waals surface area contributed by atoms with Crippen molar-refractivity contribution in [1.82, 2.24) is 10.1 Å². The lowest BCUT2D eigenvalue weighted by atomic mass is 10.1. The van der Waals surface area contributed by atoms with Crippen molar-refractivity contribution in [3.05, 3.63) is 65.0 Å². The molecule has 0 atom stereocenters. The first-order valence-corrected chi connectivity index (χ1v) is 9.08. The summed E-state index contributed by atoms with van der Waals surface area (Å²) in [5.41, 5.74) is 1.89. The fourth-order valence-corrected chi connectivity index (χ4v) is 3.49. The summed E-state index contributed by atoms with van der Waals surface area (Å²) in [6, 6.07) is 14.3. The number of hydrogen-bond acceptors (Lipinski definition) is 4. The number of anilines is 1. The second-order valence-corrected chi connectivity index (χ2v) is 6.86. The molecule has 26 heavy (non-hydrogen) atoms. The first-order valence-electron chi connectivity index (χ1n) is 8.70. The molecule has 1 amide bonds. The van der Waals surface area contributed by atoms with Gasteiger partial charge in [-0.25, -0.2) is 0 Å². The SMILES string of the molecule is O=C(Nc1cccc(-c2noc(C3CCCC3)n2)c1)c1ccccc1Cl. The molecule has 6 heteroatoms. The van der Waals surface area contributed by atoms with Gasteiger partial charge in [-0.3, -0.25) is 4.79 Å². The summed E-state index contributed by atoms with van der Waals surface area (Å²) in [5, 5.41) is 7.38. The van der Waals surface area contributed by atoms with E-state index in [0.29, 0.717) is 33.9 Å². The van der Waals surface area contributed by atoms with Gasteiger partial charge in [0.05, 0.1) is 10.6 Å². The van der Waals surface area contributed by atoms with Gasteiger partial charge < -0.3 is 9.84 Å². The minimum Gasteiger partial charge on any atom is -0.339 e. The Kier molecular flexibility index (Phi) is 4.71. The van der Waals surface area contributed by atoms with E-state index in [2.05, 4.69) is 15.5 Å². The molecule has 4 rings (SSSR count). The molecule has 0 aliphatic heterocycles. The summed E-state index contributed by atoms with van der Waals surface area (Å²) in [5.74, 6) is 1.37. The van der Waals surface area contributed by atoms with Gasteiger partial charge in [0, 0.05) is 17.2 Å². The Labute approximate surface area is 156 Å². The van der Waals surface area contributed by atoms with E-state index in [1.165, 1.54) is 12.8 Å². The Balaban J connectivity index is 1.53. The minimum absolute atomic E-state index is 0.257. The van der Waals surface area contributed by atoms with Crippen LogP contribution in [0.4, 0.5) is 5.69 Å². The van der Waals surface area contributed by atoms with Crippen LogP contribution in [0, 0.1) is 0 Å². The Morgan fingerprint density at radius 1 is 1.12 bits per heavy atom. The lowest BCUT2D eigenvalue weighted by Gasteiger charge is -2.07. The topological polar surface area (TPSA) is 68.0 Å². The summed E-state index contributed by atoms with van der Waals surface area (Å²) in [4.78, 5) is 17.0. The predicted octanol–water partition coefficient (Wildman–Crippen LogP) is 5.30. The van der Waals surface area contributed by atoms with E-state index in [4.69, 9.17) is 16.1 Å². The van der Waals surface area contributed by atoms with E-state index in [0.717, 1.165) is 18.4 Å². The third-order valence-electron chi connectivity index (χ3n) is 4.64. The zero-order valence-corrected chi connectivity index (χ0v) is 14.9. The second kappa shape index (κ2) is 7.30. The fourth-order valence-electron chi connectivity index (χ4n) is 3.27. The summed E-state index contributed by atoms with van der Waals surface area (Å²) < 4.78 is 5.44. The van der Waals surface area contributed by atoms with Crippen LogP contribution in [0.25, 0.3) is 11.4 Å². The first kappa shape index (κ1) is 16.8. The quantitative estimate of drug-likeness (QED) is 0.679. The molecule has 1 aliphatic carbocycles. The van der Waals surface area contributed by atoms with Crippen molar-refractivity contribution >= 4 is 23.2 Å². The molecule has 1 aliphatic rings. The predicted molar refractivity (Wildman–Crippen MR) is 100 cm³/mol. The summed E-state index contributed by atoms with van der Waals surface area (Å²) in [6.07, 6.45) is 4.64. The molecule has 1 fully saturated rings. The molecule has 3 aromatic rings. The molecule has 0 unspecified atom stereocenters. The number of halogens is 1. The molecular formula is C20H18ClN3O2. The molecule has 0 spiro atoms. The highest BCUT2D eigenvalue weighted by Gasteiger charge is 2.23. The van der Waals surface area contributed by atoms with E-state index < -0.39 is 0 Å². The van der Waals surface area contributed by atoms with E-state index in [-0.39, 0.29) is 5.91 Å². The Bertz CT molecular complexity index is 932. The monoisotopic (exact) mass is 367 g/mol. The van der Waals surface area contributed by atoms with Crippen LogP contribution in [0.5, 0.6) is 0 Å². The third-order valence-corrected chi connectivity index (χ3v) is 4.97. The Morgan fingerprint density at radius 3 is 2.73 bits per heavy atom. The number of nitrogens with one attached hydrogen (secondary N) is 1. The van der Waals surface area contributed by atoms with Crippen molar-refractivity contribution in [2.45, 2.75) is 31.6 Å². The van der Waals surface area contributed by atoms with Crippen molar-refractivity contribution in [3.63, 3.8) is 0 Å². The van der Waals surface area contributed by atoms with Crippen LogP contribution >= 0.6 is 11.6 Å². The van der Waals surface area contributed by atoms with E-state index >= 15 is 0 Å². The van der Waals surface area contributed by atoms with Crippen molar-refractivity contribution in [3.8, 4) is 11.4 Å². The summed E-state index contributed by atoms with van der Waals surface area (Å²) in [7, 11) is 0. The van der Waals surface area contributed by atoms with E-state index in [1.54, 1.807) is 24.3 Å². The molecule has 5 nitrogen and oxygen atoms in total. The zero-order chi connectivity index (χ0) is 17.9. The third kappa shape index (κ3) is 3.48. The number of aromatic nitrogens is 2. The van der Waals surface area contributed by atoms with Crippen LogP contribution in [0.15, 0.2) is 53.1 Å². The van der Waals surface area contributed by atoms with E-state index in [1.807, 2.05) is 24.3 Å². The molecule has 1 N–H and O–H groups in total. The molecule has 132 valence electrons. The minimum atomic E-state index is -0.257. The van der Waals surface area contributed by atoms with Gasteiger partial charge in [-0.15, -0.1) is 0 Å². The number of nitrogens with zero attached hydrogens (tertiary/aromatic N) is 2. The van der Waals surface area contributed by atoms with Crippen LogP contribution in [-0.4, -0.2) is 16.0 Å². The number of hydrogen-bond donors (Lipinski definition) is 1. The molecular weight excluding hydrogens is 350 g/mol. The van der Waals surface area contributed by atoms with Gasteiger partial charge in [0.25, 0.3) is 5.91 Å². The molecule has 1 aromatic heterocycles. The van der Waals surface area contributed by atoms with Gasteiger partial charge in [-0.2, -0.15) is 4.98 Å². The van der Waals surface area contributed by atoms with Crippen molar-refractivity contribution in [1.29, 1.82) is 0 Å². The number of carbonyl (C=O) groups is 1. The van der Waals surface area contributed by atoms with Gasteiger partial charge in [0.1, 0.15) is 0 Å². The Hall–Kier alpha value is -2.66. The van der Waals surface area contributed by atoms with Crippen LogP contribution in [-0.2, 0) is 0 Å². The maximum Gasteiger partial charge on any atom is 0.257 e. The summed E-state index contributed by atoms with van der Waals surface area (Å²) in [6.45, 7) is 0. The first-order chi connectivity index (χ1) is 12.7. The second-order valence-electron chi connectivity index (χ2n) is 6.45. The molecule has 1 saturated carbocycles. The van der Waals surface area contributed by atoms with Gasteiger partial charge >= 0.3 is 0 Å². The maximum absolute atomic E-state index is 12.4. The Morgan fingerprint density at radius 2 is 1.92 bits per heavy atom. The average Bonchev–Trinajstić information content (AvgIpc) is 3.34. The number of rotatable bonds is 4. The van der Waals surface area contributed by atoms with Crippen LogP contribution in [0.3, 0.4) is 0 Å². The van der Waals surface area contributed by atoms with Gasteiger partial charge in [0.2, 0.25) is 11.7 Å². The average molecular weight is 368 g/mol. The molecule has 0 saturated heterocycles.